The van der Waals surface area contributed by atoms with E-state index in [9.17, 15) is 18.0 Å². The summed E-state index contributed by atoms with van der Waals surface area (Å²) < 4.78 is 44.7. The normalized spacial score (nSPS) is 13.9. The number of carbonyl (C=O) groups is 1. The van der Waals surface area contributed by atoms with Gasteiger partial charge in [-0.2, -0.15) is 13.2 Å². The molecule has 0 saturated heterocycles. The van der Waals surface area contributed by atoms with Crippen LogP contribution in [0.15, 0.2) is 55.1 Å². The fourth-order valence-electron chi connectivity index (χ4n) is 3.02. The first-order valence-corrected chi connectivity index (χ1v) is 8.19. The molecule has 0 N–H and O–H groups in total. The lowest BCUT2D eigenvalue weighted by atomic mass is 9.99. The average Bonchev–Trinajstić information content (AvgIpc) is 2.64. The maximum Gasteiger partial charge on any atom is 0.416 e. The summed E-state index contributed by atoms with van der Waals surface area (Å²) in [6.45, 7) is 4.38. The molecule has 26 heavy (non-hydrogen) atoms. The molecule has 0 bridgehead atoms. The number of halogens is 3. The van der Waals surface area contributed by atoms with Crippen LogP contribution >= 0.6 is 0 Å². The molecule has 0 spiro atoms. The largest absolute Gasteiger partial charge is 0.489 e. The van der Waals surface area contributed by atoms with E-state index < -0.39 is 11.7 Å². The number of carbonyl (C=O) groups excluding carboxylic acids is 1. The van der Waals surface area contributed by atoms with Crippen molar-refractivity contribution in [1.29, 1.82) is 0 Å². The van der Waals surface area contributed by atoms with Gasteiger partial charge in [-0.15, -0.1) is 0 Å². The predicted octanol–water partition coefficient (Wildman–Crippen LogP) is 4.36. The van der Waals surface area contributed by atoms with Gasteiger partial charge in [-0.25, -0.2) is 0 Å². The van der Waals surface area contributed by atoms with Crippen molar-refractivity contribution in [2.45, 2.75) is 25.7 Å². The quantitative estimate of drug-likeness (QED) is 0.758. The molecule has 6 heteroatoms. The summed E-state index contributed by atoms with van der Waals surface area (Å²) in [5, 5.41) is 0. The van der Waals surface area contributed by atoms with E-state index in [2.05, 4.69) is 6.58 Å². The first kappa shape index (κ1) is 18.0. The van der Waals surface area contributed by atoms with Crippen LogP contribution in [0.2, 0.25) is 0 Å². The molecule has 0 aromatic heterocycles. The smallest absolute Gasteiger partial charge is 0.416 e. The molecule has 1 amide bonds. The van der Waals surface area contributed by atoms with Crippen LogP contribution in [0.5, 0.6) is 5.75 Å². The van der Waals surface area contributed by atoms with Crippen LogP contribution in [0.4, 0.5) is 13.2 Å². The van der Waals surface area contributed by atoms with Crippen molar-refractivity contribution in [3.8, 4) is 5.75 Å². The standard InChI is InChI=1S/C20H18F3NO2/c1-2-19(25)24-10-9-14-7-8-17(11-16(14)12-24)26-13-15-5-3-4-6-18(15)20(21,22)23/h2-8,11H,1,9-10,12-13H2. The second-order valence-electron chi connectivity index (χ2n) is 6.09. The monoisotopic (exact) mass is 361 g/mol. The molecule has 136 valence electrons. The van der Waals surface area contributed by atoms with Gasteiger partial charge in [0.1, 0.15) is 12.4 Å². The Labute approximate surface area is 149 Å². The van der Waals surface area contributed by atoms with E-state index in [1.807, 2.05) is 6.07 Å². The maximum atomic E-state index is 13.1. The van der Waals surface area contributed by atoms with Gasteiger partial charge in [0.25, 0.3) is 0 Å². The molecule has 0 atom stereocenters. The summed E-state index contributed by atoms with van der Waals surface area (Å²) in [6, 6.07) is 10.8. The zero-order valence-corrected chi connectivity index (χ0v) is 14.1. The van der Waals surface area contributed by atoms with Crippen LogP contribution in [0.3, 0.4) is 0 Å². The number of hydrogen-bond donors (Lipinski definition) is 0. The lowest BCUT2D eigenvalue weighted by Crippen LogP contribution is -2.34. The minimum Gasteiger partial charge on any atom is -0.489 e. The number of ether oxygens (including phenoxy) is 1. The van der Waals surface area contributed by atoms with Crippen molar-refractivity contribution < 1.29 is 22.7 Å². The molecule has 2 aromatic rings. The van der Waals surface area contributed by atoms with Gasteiger partial charge in [0.05, 0.1) is 5.56 Å². The zero-order valence-electron chi connectivity index (χ0n) is 14.1. The van der Waals surface area contributed by atoms with Gasteiger partial charge < -0.3 is 9.64 Å². The molecule has 1 aliphatic heterocycles. The molecule has 1 heterocycles. The summed E-state index contributed by atoms with van der Waals surface area (Å²) >= 11 is 0. The molecule has 0 saturated carbocycles. The summed E-state index contributed by atoms with van der Waals surface area (Å²) in [5.41, 5.74) is 1.44. The summed E-state index contributed by atoms with van der Waals surface area (Å²) in [5.74, 6) is 0.342. The van der Waals surface area contributed by atoms with E-state index in [0.29, 0.717) is 18.8 Å². The van der Waals surface area contributed by atoms with Crippen molar-refractivity contribution in [1.82, 2.24) is 4.90 Å². The molecule has 0 unspecified atom stereocenters. The van der Waals surface area contributed by atoms with Crippen molar-refractivity contribution in [3.63, 3.8) is 0 Å². The van der Waals surface area contributed by atoms with Crippen molar-refractivity contribution in [2.75, 3.05) is 6.54 Å². The first-order valence-electron chi connectivity index (χ1n) is 8.19. The maximum absolute atomic E-state index is 13.1. The SMILES string of the molecule is C=CC(=O)N1CCc2ccc(OCc3ccccc3C(F)(F)F)cc2C1. The Bertz CT molecular complexity index is 830. The van der Waals surface area contributed by atoms with E-state index in [4.69, 9.17) is 4.74 Å². The fraction of sp³-hybridized carbons (Fsp3) is 0.250. The van der Waals surface area contributed by atoms with Gasteiger partial charge in [-0.05, 0) is 41.8 Å². The number of hydrogen-bond acceptors (Lipinski definition) is 2. The highest BCUT2D eigenvalue weighted by Crippen LogP contribution is 2.32. The van der Waals surface area contributed by atoms with Crippen molar-refractivity contribution in [2.24, 2.45) is 0 Å². The van der Waals surface area contributed by atoms with Gasteiger partial charge in [0.15, 0.2) is 0 Å². The van der Waals surface area contributed by atoms with Gasteiger partial charge in [-0.1, -0.05) is 30.8 Å². The first-order chi connectivity index (χ1) is 12.4. The van der Waals surface area contributed by atoms with E-state index >= 15 is 0 Å². The lowest BCUT2D eigenvalue weighted by molar-refractivity contribution is -0.138. The fourth-order valence-corrected chi connectivity index (χ4v) is 3.02. The minimum absolute atomic E-state index is 0.0844. The molecule has 3 rings (SSSR count). The summed E-state index contributed by atoms with van der Waals surface area (Å²) in [4.78, 5) is 13.5. The third kappa shape index (κ3) is 3.90. The molecular weight excluding hydrogens is 343 g/mol. The molecule has 0 aliphatic carbocycles. The summed E-state index contributed by atoms with van der Waals surface area (Å²) in [6.07, 6.45) is -2.41. The zero-order chi connectivity index (χ0) is 18.7. The van der Waals surface area contributed by atoms with Crippen LogP contribution in [0.25, 0.3) is 0 Å². The van der Waals surface area contributed by atoms with Crippen molar-refractivity contribution >= 4 is 5.91 Å². The molecule has 0 fully saturated rings. The van der Waals surface area contributed by atoms with Crippen LogP contribution in [-0.4, -0.2) is 17.4 Å². The van der Waals surface area contributed by atoms with Crippen LogP contribution in [0, 0.1) is 0 Å². The van der Waals surface area contributed by atoms with Gasteiger partial charge in [0.2, 0.25) is 5.91 Å². The number of alkyl halides is 3. The van der Waals surface area contributed by atoms with E-state index in [1.54, 1.807) is 23.1 Å². The lowest BCUT2D eigenvalue weighted by Gasteiger charge is -2.28. The summed E-state index contributed by atoms with van der Waals surface area (Å²) in [7, 11) is 0. The van der Waals surface area contributed by atoms with E-state index in [-0.39, 0.29) is 18.1 Å². The van der Waals surface area contributed by atoms with Gasteiger partial charge in [0, 0.05) is 18.7 Å². The van der Waals surface area contributed by atoms with Crippen LogP contribution < -0.4 is 4.74 Å². The molecule has 0 radical (unpaired) electrons. The highest BCUT2D eigenvalue weighted by molar-refractivity contribution is 5.87. The third-order valence-electron chi connectivity index (χ3n) is 4.39. The van der Waals surface area contributed by atoms with Crippen LogP contribution in [-0.2, 0) is 30.5 Å². The predicted molar refractivity (Wildman–Crippen MR) is 91.5 cm³/mol. The Kier molecular flexibility index (Phi) is 5.02. The number of benzene rings is 2. The topological polar surface area (TPSA) is 29.5 Å². The highest BCUT2D eigenvalue weighted by Gasteiger charge is 2.33. The van der Waals surface area contributed by atoms with E-state index in [1.165, 1.54) is 18.2 Å². The Morgan fingerprint density at radius 1 is 1.19 bits per heavy atom. The van der Waals surface area contributed by atoms with Gasteiger partial charge in [-0.3, -0.25) is 4.79 Å². The second kappa shape index (κ2) is 7.23. The molecule has 1 aliphatic rings. The Balaban J connectivity index is 1.75. The van der Waals surface area contributed by atoms with Crippen LogP contribution in [0.1, 0.15) is 22.3 Å². The Morgan fingerprint density at radius 3 is 2.69 bits per heavy atom. The van der Waals surface area contributed by atoms with E-state index in [0.717, 1.165) is 23.6 Å². The molecule has 2 aromatic carbocycles. The highest BCUT2D eigenvalue weighted by atomic mass is 19.4. The Hall–Kier alpha value is -2.76. The second-order valence-corrected chi connectivity index (χ2v) is 6.09. The minimum atomic E-state index is -4.42. The Morgan fingerprint density at radius 2 is 1.96 bits per heavy atom. The number of amides is 1. The number of fused-ring (bicyclic) bond motifs is 1. The molecule has 3 nitrogen and oxygen atoms in total. The third-order valence-corrected chi connectivity index (χ3v) is 4.39. The number of nitrogens with zero attached hydrogens (tertiary/aromatic N) is 1. The van der Waals surface area contributed by atoms with Gasteiger partial charge >= 0.3 is 6.18 Å². The average molecular weight is 361 g/mol. The van der Waals surface area contributed by atoms with Crippen molar-refractivity contribution in [3.05, 3.63) is 77.4 Å². The number of rotatable bonds is 4. The molecular formula is C20H18F3NO2.